The lowest BCUT2D eigenvalue weighted by Crippen LogP contribution is -2.44. The van der Waals surface area contributed by atoms with Gasteiger partial charge in [0, 0.05) is 11.3 Å². The largest absolute Gasteiger partial charge is 0.512 e. The Labute approximate surface area is 113 Å². The van der Waals surface area contributed by atoms with Crippen molar-refractivity contribution in [1.82, 2.24) is 9.88 Å². The Bertz CT molecular complexity index is 520. The van der Waals surface area contributed by atoms with Crippen molar-refractivity contribution in [3.05, 3.63) is 17.8 Å². The average molecular weight is 262 g/mol. The molecule has 0 aliphatic carbocycles. The van der Waals surface area contributed by atoms with Crippen molar-refractivity contribution in [3.8, 4) is 0 Å². The summed E-state index contributed by atoms with van der Waals surface area (Å²) in [7, 11) is -0.412. The lowest BCUT2D eigenvalue weighted by molar-refractivity contribution is -0.122. The molecule has 1 aromatic heterocycles. The normalized spacial score (nSPS) is 24.2. The van der Waals surface area contributed by atoms with Gasteiger partial charge in [-0.05, 0) is 39.8 Å². The summed E-state index contributed by atoms with van der Waals surface area (Å²) in [6.07, 6.45) is 0. The van der Waals surface area contributed by atoms with Gasteiger partial charge in [-0.25, -0.2) is 0 Å². The first-order chi connectivity index (χ1) is 8.80. The number of nitrogens with zero attached hydrogens (tertiary/aromatic N) is 1. The second kappa shape index (κ2) is 3.87. The van der Waals surface area contributed by atoms with E-state index in [9.17, 15) is 4.79 Å². The van der Waals surface area contributed by atoms with E-state index >= 15 is 0 Å². The number of hydrogen-bond acceptors (Lipinski definition) is 3. The van der Waals surface area contributed by atoms with Crippen LogP contribution in [0, 0.1) is 0 Å². The minimum Gasteiger partial charge on any atom is -0.398 e. The van der Waals surface area contributed by atoms with Crippen molar-refractivity contribution in [2.75, 3.05) is 0 Å². The molecule has 3 heterocycles. The van der Waals surface area contributed by atoms with Crippen LogP contribution in [0.2, 0.25) is 0 Å². The number of amides is 1. The number of aromatic nitrogens is 1. The SMILES string of the molecule is CC1(C)OB(c2ccc3n2CC(=O)NC3)OC1(C)C. The van der Waals surface area contributed by atoms with Gasteiger partial charge in [-0.2, -0.15) is 0 Å². The Hall–Kier alpha value is -1.27. The van der Waals surface area contributed by atoms with E-state index in [1.165, 1.54) is 0 Å². The Morgan fingerprint density at radius 2 is 1.84 bits per heavy atom. The minimum absolute atomic E-state index is 0.0291. The van der Waals surface area contributed by atoms with E-state index in [2.05, 4.69) is 5.32 Å². The zero-order chi connectivity index (χ0) is 13.8. The third-order valence-corrected chi connectivity index (χ3v) is 4.37. The summed E-state index contributed by atoms with van der Waals surface area (Å²) in [5.41, 5.74) is 1.28. The second-order valence-corrected chi connectivity index (χ2v) is 6.20. The van der Waals surface area contributed by atoms with Crippen LogP contribution in [0.1, 0.15) is 33.4 Å². The molecule has 1 N–H and O–H groups in total. The summed E-state index contributed by atoms with van der Waals surface area (Å²) in [4.78, 5) is 11.5. The van der Waals surface area contributed by atoms with Crippen molar-refractivity contribution < 1.29 is 14.1 Å². The van der Waals surface area contributed by atoms with Gasteiger partial charge in [0.15, 0.2) is 0 Å². The molecule has 1 fully saturated rings. The molecule has 2 aliphatic rings. The fourth-order valence-electron chi connectivity index (χ4n) is 2.43. The van der Waals surface area contributed by atoms with E-state index < -0.39 is 7.12 Å². The molecule has 0 radical (unpaired) electrons. The summed E-state index contributed by atoms with van der Waals surface area (Å²) in [6.45, 7) is 9.01. The Kier molecular flexibility index (Phi) is 2.60. The Morgan fingerprint density at radius 3 is 2.47 bits per heavy atom. The minimum atomic E-state index is -0.412. The summed E-state index contributed by atoms with van der Waals surface area (Å²) >= 11 is 0. The van der Waals surface area contributed by atoms with Crippen LogP contribution in [0.3, 0.4) is 0 Å². The summed E-state index contributed by atoms with van der Waals surface area (Å²) in [6, 6.07) is 4.00. The van der Waals surface area contributed by atoms with Crippen molar-refractivity contribution in [1.29, 1.82) is 0 Å². The second-order valence-electron chi connectivity index (χ2n) is 6.20. The maximum Gasteiger partial charge on any atom is 0.512 e. The highest BCUT2D eigenvalue weighted by atomic mass is 16.7. The van der Waals surface area contributed by atoms with Gasteiger partial charge in [0.2, 0.25) is 5.91 Å². The molecule has 5 nitrogen and oxygen atoms in total. The Morgan fingerprint density at radius 1 is 1.21 bits per heavy atom. The molecule has 1 saturated heterocycles. The first-order valence-corrected chi connectivity index (χ1v) is 6.61. The highest BCUT2D eigenvalue weighted by Gasteiger charge is 2.52. The molecule has 0 bridgehead atoms. The number of hydrogen-bond donors (Lipinski definition) is 1. The van der Waals surface area contributed by atoms with Gasteiger partial charge in [-0.1, -0.05) is 0 Å². The van der Waals surface area contributed by atoms with Gasteiger partial charge in [-0.15, -0.1) is 0 Å². The van der Waals surface area contributed by atoms with Crippen LogP contribution >= 0.6 is 0 Å². The van der Waals surface area contributed by atoms with Crippen LogP contribution < -0.4 is 10.9 Å². The topological polar surface area (TPSA) is 52.5 Å². The van der Waals surface area contributed by atoms with E-state index in [0.717, 1.165) is 11.3 Å². The first-order valence-electron chi connectivity index (χ1n) is 6.61. The molecular formula is C13H19BN2O3. The monoisotopic (exact) mass is 262 g/mol. The molecule has 3 rings (SSSR count). The predicted molar refractivity (Wildman–Crippen MR) is 72.0 cm³/mol. The number of carbonyl (C=O) groups is 1. The highest BCUT2D eigenvalue weighted by molar-refractivity contribution is 6.61. The van der Waals surface area contributed by atoms with Crippen LogP contribution in [0.5, 0.6) is 0 Å². The van der Waals surface area contributed by atoms with Crippen LogP contribution in [-0.2, 0) is 27.2 Å². The molecule has 0 atom stereocenters. The highest BCUT2D eigenvalue weighted by Crippen LogP contribution is 2.36. The standard InChI is InChI=1S/C13H19BN2O3/c1-12(2)13(3,4)19-14(18-12)10-6-5-9-7-15-11(17)8-16(9)10/h5-6H,7-8H2,1-4H3,(H,15,17). The van der Waals surface area contributed by atoms with Gasteiger partial charge < -0.3 is 19.2 Å². The molecule has 2 aliphatic heterocycles. The van der Waals surface area contributed by atoms with E-state index in [0.29, 0.717) is 13.1 Å². The summed E-state index contributed by atoms with van der Waals surface area (Å²) in [5.74, 6) is 0.0291. The van der Waals surface area contributed by atoms with Crippen molar-refractivity contribution in [2.24, 2.45) is 0 Å². The fraction of sp³-hybridized carbons (Fsp3) is 0.615. The molecule has 0 unspecified atom stereocenters. The number of nitrogens with one attached hydrogen (secondary N) is 1. The average Bonchev–Trinajstić information content (AvgIpc) is 2.77. The molecule has 6 heteroatoms. The van der Waals surface area contributed by atoms with Crippen LogP contribution in [-0.4, -0.2) is 28.8 Å². The van der Waals surface area contributed by atoms with E-state index in [4.69, 9.17) is 9.31 Å². The van der Waals surface area contributed by atoms with Crippen LogP contribution in [0.4, 0.5) is 0 Å². The van der Waals surface area contributed by atoms with Crippen LogP contribution in [0.25, 0.3) is 0 Å². The zero-order valence-electron chi connectivity index (χ0n) is 11.8. The molecule has 1 aromatic rings. The summed E-state index contributed by atoms with van der Waals surface area (Å²) in [5, 5.41) is 2.83. The van der Waals surface area contributed by atoms with Gasteiger partial charge in [0.25, 0.3) is 0 Å². The summed E-state index contributed by atoms with van der Waals surface area (Å²) < 4.78 is 14.1. The molecule has 102 valence electrons. The van der Waals surface area contributed by atoms with Crippen LogP contribution in [0.15, 0.2) is 12.1 Å². The first kappa shape index (κ1) is 12.8. The molecule has 19 heavy (non-hydrogen) atoms. The molecule has 0 aromatic carbocycles. The number of carbonyl (C=O) groups excluding carboxylic acids is 1. The quantitative estimate of drug-likeness (QED) is 0.746. The van der Waals surface area contributed by atoms with Gasteiger partial charge >= 0.3 is 7.12 Å². The number of rotatable bonds is 1. The molecule has 0 saturated carbocycles. The lowest BCUT2D eigenvalue weighted by Gasteiger charge is -2.32. The van der Waals surface area contributed by atoms with Gasteiger partial charge in [0.05, 0.1) is 17.7 Å². The maximum absolute atomic E-state index is 11.5. The van der Waals surface area contributed by atoms with E-state index in [1.807, 2.05) is 44.4 Å². The van der Waals surface area contributed by atoms with Crippen molar-refractivity contribution >= 4 is 18.6 Å². The third-order valence-electron chi connectivity index (χ3n) is 4.37. The van der Waals surface area contributed by atoms with Crippen molar-refractivity contribution in [3.63, 3.8) is 0 Å². The van der Waals surface area contributed by atoms with E-state index in [-0.39, 0.29) is 17.1 Å². The smallest absolute Gasteiger partial charge is 0.398 e. The van der Waals surface area contributed by atoms with Crippen molar-refractivity contribution in [2.45, 2.75) is 52.0 Å². The third kappa shape index (κ3) is 1.90. The van der Waals surface area contributed by atoms with Gasteiger partial charge in [0.1, 0.15) is 6.54 Å². The molecular weight excluding hydrogens is 243 g/mol. The zero-order valence-corrected chi connectivity index (χ0v) is 11.8. The molecule has 1 amide bonds. The number of fused-ring (bicyclic) bond motifs is 1. The van der Waals surface area contributed by atoms with E-state index in [1.54, 1.807) is 0 Å². The maximum atomic E-state index is 11.5. The lowest BCUT2D eigenvalue weighted by atomic mass is 9.84. The molecule has 0 spiro atoms. The fourth-order valence-corrected chi connectivity index (χ4v) is 2.43. The Balaban J connectivity index is 1.93. The van der Waals surface area contributed by atoms with Gasteiger partial charge in [-0.3, -0.25) is 4.79 Å². The predicted octanol–water partition coefficient (Wildman–Crippen LogP) is 0.417.